The minimum absolute atomic E-state index is 0.115. The van der Waals surface area contributed by atoms with Crippen LogP contribution in [-0.2, 0) is 10.1 Å². The van der Waals surface area contributed by atoms with E-state index < -0.39 is 10.1 Å². The molecule has 18 heavy (non-hydrogen) atoms. The second-order valence-corrected chi connectivity index (χ2v) is 5.23. The van der Waals surface area contributed by atoms with Gasteiger partial charge in [-0.05, 0) is 36.8 Å². The molecule has 1 N–H and O–H groups in total. The first-order valence-corrected chi connectivity index (χ1v) is 6.72. The van der Waals surface area contributed by atoms with Crippen LogP contribution in [0.1, 0.15) is 5.56 Å². The van der Waals surface area contributed by atoms with E-state index in [9.17, 15) is 8.42 Å². The topological polar surface area (TPSA) is 63.6 Å². The Morgan fingerprint density at radius 2 is 1.72 bits per heavy atom. The highest BCUT2D eigenvalue weighted by molar-refractivity contribution is 7.86. The predicted molar refractivity (Wildman–Crippen MR) is 67.5 cm³/mol. The minimum Gasteiger partial charge on any atom is -0.456 e. The molecule has 0 atom stereocenters. The third-order valence-corrected chi connectivity index (χ3v) is 3.24. The molecule has 0 heterocycles. The molecule has 0 saturated heterocycles. The quantitative estimate of drug-likeness (QED) is 0.865. The summed E-state index contributed by atoms with van der Waals surface area (Å²) in [5.74, 6) is 0.622. The number of hydrogen-bond donors (Lipinski definition) is 1. The van der Waals surface area contributed by atoms with Crippen molar-refractivity contribution >= 4 is 10.1 Å². The van der Waals surface area contributed by atoms with Crippen LogP contribution in [-0.4, -0.2) is 13.0 Å². The Morgan fingerprint density at radius 3 is 2.33 bits per heavy atom. The summed E-state index contributed by atoms with van der Waals surface area (Å²) in [4.78, 5) is -0.239. The van der Waals surface area contributed by atoms with Crippen molar-refractivity contribution in [1.29, 1.82) is 0 Å². The summed E-state index contributed by atoms with van der Waals surface area (Å²) in [6.45, 7) is 1.81. The molecule has 2 aromatic rings. The van der Waals surface area contributed by atoms with Gasteiger partial charge in [-0.1, -0.05) is 24.3 Å². The fraction of sp³-hybridized carbons (Fsp3) is 0.0769. The van der Waals surface area contributed by atoms with Crippen molar-refractivity contribution in [3.8, 4) is 11.5 Å². The fourth-order valence-corrected chi connectivity index (χ4v) is 2.12. The molecule has 0 saturated carbocycles. The summed E-state index contributed by atoms with van der Waals surface area (Å²) in [5, 5.41) is 0. The molecule has 0 bridgehead atoms. The van der Waals surface area contributed by atoms with Crippen molar-refractivity contribution in [2.75, 3.05) is 0 Å². The van der Waals surface area contributed by atoms with E-state index in [1.54, 1.807) is 36.4 Å². The van der Waals surface area contributed by atoms with Gasteiger partial charge in [0.15, 0.2) is 0 Å². The monoisotopic (exact) mass is 264 g/mol. The summed E-state index contributed by atoms with van der Waals surface area (Å²) in [7, 11) is -4.30. The summed E-state index contributed by atoms with van der Waals surface area (Å²) < 4.78 is 37.1. The SMILES string of the molecule is Cc1ccc(S(=O)(=O)O)c(Oc2ccccc2)c1. The lowest BCUT2D eigenvalue weighted by Gasteiger charge is -2.10. The Bertz CT molecular complexity index is 648. The van der Waals surface area contributed by atoms with Gasteiger partial charge >= 0.3 is 0 Å². The highest BCUT2D eigenvalue weighted by atomic mass is 32.2. The van der Waals surface area contributed by atoms with Crippen LogP contribution in [0.2, 0.25) is 0 Å². The fourth-order valence-electron chi connectivity index (χ4n) is 1.52. The number of benzene rings is 2. The molecule has 5 heteroatoms. The van der Waals surface area contributed by atoms with Crippen LogP contribution >= 0.6 is 0 Å². The maximum Gasteiger partial charge on any atom is 0.298 e. The molecule has 2 aromatic carbocycles. The van der Waals surface area contributed by atoms with Gasteiger partial charge in [0.2, 0.25) is 0 Å². The van der Waals surface area contributed by atoms with Crippen LogP contribution in [0.15, 0.2) is 53.4 Å². The number of ether oxygens (including phenoxy) is 1. The van der Waals surface area contributed by atoms with Crippen LogP contribution in [0, 0.1) is 6.92 Å². The largest absolute Gasteiger partial charge is 0.456 e. The summed E-state index contributed by atoms with van der Waals surface area (Å²) >= 11 is 0. The molecule has 94 valence electrons. The van der Waals surface area contributed by atoms with E-state index in [-0.39, 0.29) is 10.6 Å². The maximum atomic E-state index is 11.2. The zero-order chi connectivity index (χ0) is 13.2. The van der Waals surface area contributed by atoms with Crippen molar-refractivity contribution in [2.24, 2.45) is 0 Å². The van der Waals surface area contributed by atoms with Gasteiger partial charge in [-0.25, -0.2) is 0 Å². The third kappa shape index (κ3) is 2.88. The molecule has 0 aliphatic heterocycles. The second kappa shape index (κ2) is 4.80. The molecule has 0 unspecified atom stereocenters. The van der Waals surface area contributed by atoms with Crippen molar-refractivity contribution < 1.29 is 17.7 Å². The van der Waals surface area contributed by atoms with Crippen LogP contribution in [0.3, 0.4) is 0 Å². The van der Waals surface area contributed by atoms with E-state index in [1.165, 1.54) is 6.07 Å². The molecular formula is C13H12O4S. The Labute approximate surface area is 106 Å². The predicted octanol–water partition coefficient (Wildman–Crippen LogP) is 3.03. The molecule has 0 aromatic heterocycles. The zero-order valence-corrected chi connectivity index (χ0v) is 10.5. The van der Waals surface area contributed by atoms with Gasteiger partial charge in [-0.2, -0.15) is 8.42 Å². The molecule has 4 nitrogen and oxygen atoms in total. The molecule has 2 rings (SSSR count). The van der Waals surface area contributed by atoms with Crippen molar-refractivity contribution in [3.05, 3.63) is 54.1 Å². The number of rotatable bonds is 3. The molecule has 0 aliphatic rings. The Kier molecular flexibility index (Phi) is 3.36. The van der Waals surface area contributed by atoms with Crippen LogP contribution in [0.5, 0.6) is 11.5 Å². The van der Waals surface area contributed by atoms with Gasteiger partial charge in [-0.15, -0.1) is 0 Å². The lowest BCUT2D eigenvalue weighted by atomic mass is 10.2. The Balaban J connectivity index is 2.47. The smallest absolute Gasteiger partial charge is 0.298 e. The molecular weight excluding hydrogens is 252 g/mol. The van der Waals surface area contributed by atoms with Gasteiger partial charge in [0, 0.05) is 0 Å². The molecule has 0 amide bonds. The average Bonchev–Trinajstić information content (AvgIpc) is 2.28. The number of hydrogen-bond acceptors (Lipinski definition) is 3. The van der Waals surface area contributed by atoms with Gasteiger partial charge in [0.1, 0.15) is 16.4 Å². The standard InChI is InChI=1S/C13H12O4S/c1-10-7-8-13(18(14,15)16)12(9-10)17-11-5-3-2-4-6-11/h2-9H,1H3,(H,14,15,16). The first-order chi connectivity index (χ1) is 8.47. The molecule has 0 fully saturated rings. The number of para-hydroxylation sites is 1. The van der Waals surface area contributed by atoms with Gasteiger partial charge in [0.05, 0.1) is 0 Å². The maximum absolute atomic E-state index is 11.2. The molecule has 0 spiro atoms. The number of aryl methyl sites for hydroxylation is 1. The van der Waals surface area contributed by atoms with Crippen molar-refractivity contribution in [2.45, 2.75) is 11.8 Å². The van der Waals surface area contributed by atoms with E-state index in [2.05, 4.69) is 0 Å². The van der Waals surface area contributed by atoms with Crippen LogP contribution in [0.25, 0.3) is 0 Å². The van der Waals surface area contributed by atoms with Gasteiger partial charge in [-0.3, -0.25) is 4.55 Å². The Hall–Kier alpha value is -1.85. The van der Waals surface area contributed by atoms with E-state index in [0.29, 0.717) is 5.75 Å². The molecule has 0 radical (unpaired) electrons. The van der Waals surface area contributed by atoms with Gasteiger partial charge < -0.3 is 4.74 Å². The summed E-state index contributed by atoms with van der Waals surface area (Å²) in [5.41, 5.74) is 0.841. The van der Waals surface area contributed by atoms with Crippen molar-refractivity contribution in [3.63, 3.8) is 0 Å². The lowest BCUT2D eigenvalue weighted by molar-refractivity contribution is 0.449. The lowest BCUT2D eigenvalue weighted by Crippen LogP contribution is -2.01. The first kappa shape index (κ1) is 12.6. The van der Waals surface area contributed by atoms with Crippen LogP contribution < -0.4 is 4.74 Å². The summed E-state index contributed by atoms with van der Waals surface area (Å²) in [6.07, 6.45) is 0. The first-order valence-electron chi connectivity index (χ1n) is 5.28. The Morgan fingerprint density at radius 1 is 1.06 bits per heavy atom. The van der Waals surface area contributed by atoms with Crippen LogP contribution in [0.4, 0.5) is 0 Å². The van der Waals surface area contributed by atoms with E-state index >= 15 is 0 Å². The van der Waals surface area contributed by atoms with E-state index in [1.807, 2.05) is 13.0 Å². The average molecular weight is 264 g/mol. The summed E-state index contributed by atoms with van der Waals surface area (Å²) in [6, 6.07) is 13.3. The molecule has 0 aliphatic carbocycles. The second-order valence-electron chi connectivity index (χ2n) is 3.84. The van der Waals surface area contributed by atoms with E-state index in [0.717, 1.165) is 5.56 Å². The van der Waals surface area contributed by atoms with E-state index in [4.69, 9.17) is 9.29 Å². The minimum atomic E-state index is -4.30. The normalized spacial score (nSPS) is 11.2. The third-order valence-electron chi connectivity index (χ3n) is 2.35. The highest BCUT2D eigenvalue weighted by Crippen LogP contribution is 2.29. The zero-order valence-electron chi connectivity index (χ0n) is 9.70. The van der Waals surface area contributed by atoms with Gasteiger partial charge in [0.25, 0.3) is 10.1 Å². The highest BCUT2D eigenvalue weighted by Gasteiger charge is 2.17. The van der Waals surface area contributed by atoms with Crippen molar-refractivity contribution in [1.82, 2.24) is 0 Å².